The van der Waals surface area contributed by atoms with E-state index in [-0.39, 0.29) is 0 Å². The van der Waals surface area contributed by atoms with Gasteiger partial charge in [0.1, 0.15) is 0 Å². The number of hydrogen-bond donors (Lipinski definition) is 1. The molecule has 2 N–H and O–H groups in total. The van der Waals surface area contributed by atoms with Crippen LogP contribution in [0.15, 0.2) is 33.7 Å². The summed E-state index contributed by atoms with van der Waals surface area (Å²) in [5.74, 6) is 1.21. The number of morpholine rings is 1. The van der Waals surface area contributed by atoms with Crippen LogP contribution >= 0.6 is 15.9 Å². The van der Waals surface area contributed by atoms with Crippen molar-refractivity contribution < 1.29 is 4.74 Å². The molecule has 1 aliphatic carbocycles. The van der Waals surface area contributed by atoms with E-state index in [0.717, 1.165) is 37.2 Å². The van der Waals surface area contributed by atoms with Crippen molar-refractivity contribution in [2.75, 3.05) is 26.3 Å². The fourth-order valence-electron chi connectivity index (χ4n) is 2.44. The fourth-order valence-corrected chi connectivity index (χ4v) is 2.70. The van der Waals surface area contributed by atoms with Crippen LogP contribution in [0.3, 0.4) is 0 Å². The highest BCUT2D eigenvalue weighted by Crippen LogP contribution is 2.43. The summed E-state index contributed by atoms with van der Waals surface area (Å²) in [6, 6.07) is 8.84. The molecule has 4 nitrogen and oxygen atoms in total. The van der Waals surface area contributed by atoms with Gasteiger partial charge < -0.3 is 15.4 Å². The Balaban J connectivity index is 1.61. The molecule has 1 heterocycles. The van der Waals surface area contributed by atoms with E-state index >= 15 is 0 Å². The molecule has 2 fully saturated rings. The Labute approximate surface area is 121 Å². The Hall–Kier alpha value is -1.07. The first-order valence-electron chi connectivity index (χ1n) is 6.65. The van der Waals surface area contributed by atoms with Crippen LogP contribution in [0.2, 0.25) is 0 Å². The van der Waals surface area contributed by atoms with Gasteiger partial charge in [0.2, 0.25) is 0 Å². The molecule has 1 saturated heterocycles. The summed E-state index contributed by atoms with van der Waals surface area (Å²) >= 11 is 3.46. The molecule has 1 aliphatic heterocycles. The maximum absolute atomic E-state index is 6.07. The number of aliphatic imine (C=N–C) groups is 1. The number of benzene rings is 1. The minimum Gasteiger partial charge on any atom is -0.378 e. The minimum absolute atomic E-state index is 0.351. The Morgan fingerprint density at radius 3 is 2.63 bits per heavy atom. The van der Waals surface area contributed by atoms with Crippen LogP contribution < -0.4 is 5.73 Å². The molecule has 0 spiro atoms. The second-order valence-electron chi connectivity index (χ2n) is 5.05. The molecule has 1 aromatic carbocycles. The highest BCUT2D eigenvalue weighted by molar-refractivity contribution is 9.10. The van der Waals surface area contributed by atoms with Gasteiger partial charge >= 0.3 is 0 Å². The van der Waals surface area contributed by atoms with E-state index < -0.39 is 0 Å². The van der Waals surface area contributed by atoms with Crippen molar-refractivity contribution in [2.24, 2.45) is 10.7 Å². The summed E-state index contributed by atoms with van der Waals surface area (Å²) in [4.78, 5) is 6.76. The fraction of sp³-hybridized carbons (Fsp3) is 0.500. The SMILES string of the molecule is NC(=N[C@@H]1C[C@H]1c1ccc(Br)cc1)N1CCOCC1. The number of halogens is 1. The van der Waals surface area contributed by atoms with Crippen LogP contribution in [0, 0.1) is 0 Å². The monoisotopic (exact) mass is 323 g/mol. The van der Waals surface area contributed by atoms with E-state index in [0.29, 0.717) is 17.9 Å². The summed E-state index contributed by atoms with van der Waals surface area (Å²) in [5.41, 5.74) is 7.42. The second kappa shape index (κ2) is 5.51. The average Bonchev–Trinajstić information content (AvgIpc) is 3.20. The normalized spacial score (nSPS) is 27.4. The Bertz CT molecular complexity index is 468. The van der Waals surface area contributed by atoms with Crippen LogP contribution in [0.1, 0.15) is 17.9 Å². The van der Waals surface area contributed by atoms with Gasteiger partial charge in [0, 0.05) is 23.5 Å². The van der Waals surface area contributed by atoms with Gasteiger partial charge in [-0.1, -0.05) is 28.1 Å². The van der Waals surface area contributed by atoms with E-state index in [4.69, 9.17) is 10.5 Å². The molecule has 0 aromatic heterocycles. The predicted molar refractivity (Wildman–Crippen MR) is 79.3 cm³/mol. The molecular formula is C14H18BrN3O. The summed E-state index contributed by atoms with van der Waals surface area (Å²) in [6.07, 6.45) is 1.10. The van der Waals surface area contributed by atoms with E-state index in [1.54, 1.807) is 0 Å². The van der Waals surface area contributed by atoms with Crippen molar-refractivity contribution in [1.29, 1.82) is 0 Å². The molecule has 0 bridgehead atoms. The van der Waals surface area contributed by atoms with Crippen molar-refractivity contribution in [3.63, 3.8) is 0 Å². The highest BCUT2D eigenvalue weighted by Gasteiger charge is 2.38. The molecular weight excluding hydrogens is 306 g/mol. The topological polar surface area (TPSA) is 50.8 Å². The number of nitrogens with zero attached hydrogens (tertiary/aromatic N) is 2. The lowest BCUT2D eigenvalue weighted by molar-refractivity contribution is 0.0674. The lowest BCUT2D eigenvalue weighted by Gasteiger charge is -2.27. The molecule has 19 heavy (non-hydrogen) atoms. The summed E-state index contributed by atoms with van der Waals surface area (Å²) < 4.78 is 6.43. The molecule has 0 unspecified atom stereocenters. The van der Waals surface area contributed by atoms with Gasteiger partial charge in [-0.25, -0.2) is 4.99 Å². The van der Waals surface area contributed by atoms with E-state index in [2.05, 4.69) is 50.1 Å². The standard InChI is InChI=1S/C14H18BrN3O/c15-11-3-1-10(2-4-11)12-9-13(12)17-14(16)18-5-7-19-8-6-18/h1-4,12-13H,5-9H2,(H2,16,17)/t12-,13+/m0/s1. The smallest absolute Gasteiger partial charge is 0.191 e. The number of guanidine groups is 1. The van der Waals surface area contributed by atoms with Crippen LogP contribution in [-0.2, 0) is 4.74 Å². The van der Waals surface area contributed by atoms with Crippen LogP contribution in [0.5, 0.6) is 0 Å². The largest absolute Gasteiger partial charge is 0.378 e. The van der Waals surface area contributed by atoms with Crippen LogP contribution in [0.25, 0.3) is 0 Å². The molecule has 102 valence electrons. The van der Waals surface area contributed by atoms with E-state index in [1.165, 1.54) is 5.56 Å². The van der Waals surface area contributed by atoms with Crippen LogP contribution in [-0.4, -0.2) is 43.2 Å². The number of hydrogen-bond acceptors (Lipinski definition) is 2. The molecule has 2 atom stereocenters. The van der Waals surface area contributed by atoms with Gasteiger partial charge in [0.25, 0.3) is 0 Å². The van der Waals surface area contributed by atoms with Crippen molar-refractivity contribution in [3.05, 3.63) is 34.3 Å². The Morgan fingerprint density at radius 2 is 1.95 bits per heavy atom. The van der Waals surface area contributed by atoms with Gasteiger partial charge in [-0.2, -0.15) is 0 Å². The van der Waals surface area contributed by atoms with Crippen molar-refractivity contribution in [1.82, 2.24) is 4.90 Å². The zero-order valence-corrected chi connectivity index (χ0v) is 12.3. The third-order valence-corrected chi connectivity index (χ3v) is 4.22. The predicted octanol–water partition coefficient (Wildman–Crippen LogP) is 1.95. The molecule has 1 saturated carbocycles. The third kappa shape index (κ3) is 3.09. The number of rotatable bonds is 2. The van der Waals surface area contributed by atoms with Gasteiger partial charge in [0.05, 0.1) is 19.3 Å². The molecule has 0 radical (unpaired) electrons. The molecule has 2 aliphatic rings. The molecule has 1 aromatic rings. The first kappa shape index (κ1) is 12.9. The van der Waals surface area contributed by atoms with E-state index in [9.17, 15) is 0 Å². The Morgan fingerprint density at radius 1 is 1.26 bits per heavy atom. The zero-order chi connectivity index (χ0) is 13.2. The molecule has 0 amide bonds. The van der Waals surface area contributed by atoms with Gasteiger partial charge in [-0.15, -0.1) is 0 Å². The third-order valence-electron chi connectivity index (χ3n) is 3.69. The van der Waals surface area contributed by atoms with Gasteiger partial charge in [-0.3, -0.25) is 0 Å². The minimum atomic E-state index is 0.351. The second-order valence-corrected chi connectivity index (χ2v) is 5.96. The number of ether oxygens (including phenoxy) is 1. The lowest BCUT2D eigenvalue weighted by atomic mass is 10.1. The Kier molecular flexibility index (Phi) is 3.75. The van der Waals surface area contributed by atoms with Crippen molar-refractivity contribution >= 4 is 21.9 Å². The summed E-state index contributed by atoms with van der Waals surface area (Å²) in [6.45, 7) is 3.20. The molecule has 5 heteroatoms. The summed E-state index contributed by atoms with van der Waals surface area (Å²) in [5, 5.41) is 0. The van der Waals surface area contributed by atoms with Crippen LogP contribution in [0.4, 0.5) is 0 Å². The van der Waals surface area contributed by atoms with Crippen molar-refractivity contribution in [2.45, 2.75) is 18.4 Å². The lowest BCUT2D eigenvalue weighted by Crippen LogP contribution is -2.45. The van der Waals surface area contributed by atoms with Gasteiger partial charge in [0.15, 0.2) is 5.96 Å². The first-order chi connectivity index (χ1) is 9.24. The summed E-state index contributed by atoms with van der Waals surface area (Å²) in [7, 11) is 0. The number of nitrogens with two attached hydrogens (primary N) is 1. The van der Waals surface area contributed by atoms with Gasteiger partial charge in [-0.05, 0) is 24.1 Å². The first-order valence-corrected chi connectivity index (χ1v) is 7.45. The maximum Gasteiger partial charge on any atom is 0.191 e. The zero-order valence-electron chi connectivity index (χ0n) is 10.8. The van der Waals surface area contributed by atoms with Crippen molar-refractivity contribution in [3.8, 4) is 0 Å². The molecule has 3 rings (SSSR count). The quantitative estimate of drug-likeness (QED) is 0.668. The van der Waals surface area contributed by atoms with E-state index in [1.807, 2.05) is 0 Å². The average molecular weight is 324 g/mol. The maximum atomic E-state index is 6.07. The highest BCUT2D eigenvalue weighted by atomic mass is 79.9.